The molecule has 1 aromatic carbocycles. The first-order valence-electron chi connectivity index (χ1n) is 5.53. The van der Waals surface area contributed by atoms with E-state index in [-0.39, 0.29) is 5.69 Å². The van der Waals surface area contributed by atoms with Gasteiger partial charge < -0.3 is 5.32 Å². The lowest BCUT2D eigenvalue weighted by molar-refractivity contribution is -0.385. The van der Waals surface area contributed by atoms with E-state index in [0.717, 1.165) is 0 Å². The van der Waals surface area contributed by atoms with Crippen LogP contribution >= 0.6 is 11.6 Å². The van der Waals surface area contributed by atoms with Gasteiger partial charge in [0.1, 0.15) is 0 Å². The molecule has 1 atom stereocenters. The van der Waals surface area contributed by atoms with E-state index in [9.17, 15) is 14.3 Å². The first kappa shape index (κ1) is 15.1. The fourth-order valence-corrected chi connectivity index (χ4v) is 2.33. The molecule has 1 N–H and O–H groups in total. The Bertz CT molecular complexity index is 454. The zero-order valence-electron chi connectivity index (χ0n) is 10.0. The summed E-state index contributed by atoms with van der Waals surface area (Å²) in [6.45, 7) is 2.70. The molecule has 0 saturated carbocycles. The highest BCUT2D eigenvalue weighted by Gasteiger charge is 2.15. The second-order valence-corrected chi connectivity index (χ2v) is 5.88. The average Bonchev–Trinajstić information content (AvgIpc) is 2.35. The summed E-state index contributed by atoms with van der Waals surface area (Å²) in [7, 11) is -0.834. The van der Waals surface area contributed by atoms with E-state index in [1.165, 1.54) is 6.07 Å². The van der Waals surface area contributed by atoms with Gasteiger partial charge in [0.25, 0.3) is 5.69 Å². The molecule has 0 spiro atoms. The van der Waals surface area contributed by atoms with E-state index in [1.807, 2.05) is 6.92 Å². The summed E-state index contributed by atoms with van der Waals surface area (Å²) < 4.78 is 11.2. The van der Waals surface area contributed by atoms with E-state index >= 15 is 0 Å². The molecule has 0 aromatic heterocycles. The first-order valence-corrected chi connectivity index (χ1v) is 7.40. The summed E-state index contributed by atoms with van der Waals surface area (Å²) in [6, 6.07) is 4.60. The van der Waals surface area contributed by atoms with Crippen LogP contribution in [0, 0.1) is 10.1 Å². The van der Waals surface area contributed by atoms with Crippen molar-refractivity contribution in [3.05, 3.63) is 38.9 Å². The normalized spacial score (nSPS) is 12.3. The molecule has 0 bridgehead atoms. The predicted molar refractivity (Wildman–Crippen MR) is 73.4 cm³/mol. The molecule has 100 valence electrons. The monoisotopic (exact) mass is 290 g/mol. The molecule has 0 amide bonds. The SMILES string of the molecule is CCS(=O)CCNCc1c(Cl)cccc1[N+](=O)[O-]. The maximum atomic E-state index is 11.2. The Morgan fingerprint density at radius 3 is 2.83 bits per heavy atom. The van der Waals surface area contributed by atoms with Crippen molar-refractivity contribution in [2.45, 2.75) is 13.5 Å². The third-order valence-electron chi connectivity index (χ3n) is 2.42. The maximum Gasteiger partial charge on any atom is 0.275 e. The maximum absolute atomic E-state index is 11.2. The van der Waals surface area contributed by atoms with E-state index in [0.29, 0.717) is 35.2 Å². The Morgan fingerprint density at radius 1 is 1.50 bits per heavy atom. The minimum Gasteiger partial charge on any atom is -0.311 e. The summed E-state index contributed by atoms with van der Waals surface area (Å²) in [6.07, 6.45) is 0. The molecule has 7 heteroatoms. The zero-order chi connectivity index (χ0) is 13.5. The van der Waals surface area contributed by atoms with Crippen LogP contribution < -0.4 is 5.32 Å². The number of nitrogens with zero attached hydrogens (tertiary/aromatic N) is 1. The number of hydrogen-bond acceptors (Lipinski definition) is 4. The number of nitro benzene ring substituents is 1. The Balaban J connectivity index is 2.61. The molecule has 1 aromatic rings. The van der Waals surface area contributed by atoms with Gasteiger partial charge in [-0.1, -0.05) is 24.6 Å². The number of rotatable bonds is 7. The van der Waals surface area contributed by atoms with Crippen LogP contribution in [0.3, 0.4) is 0 Å². The second kappa shape index (κ2) is 7.45. The molecule has 0 aliphatic carbocycles. The van der Waals surface area contributed by atoms with Gasteiger partial charge in [-0.15, -0.1) is 0 Å². The topological polar surface area (TPSA) is 72.2 Å². The van der Waals surface area contributed by atoms with Crippen molar-refractivity contribution in [2.24, 2.45) is 0 Å². The average molecular weight is 291 g/mol. The molecule has 1 unspecified atom stereocenters. The van der Waals surface area contributed by atoms with Crippen LogP contribution in [-0.2, 0) is 17.3 Å². The first-order chi connectivity index (χ1) is 8.56. The molecule has 5 nitrogen and oxygen atoms in total. The van der Waals surface area contributed by atoms with Crippen molar-refractivity contribution in [3.8, 4) is 0 Å². The fourth-order valence-electron chi connectivity index (χ4n) is 1.44. The van der Waals surface area contributed by atoms with Gasteiger partial charge in [-0.05, 0) is 6.07 Å². The summed E-state index contributed by atoms with van der Waals surface area (Å²) in [5.74, 6) is 1.16. The van der Waals surface area contributed by atoms with Crippen molar-refractivity contribution < 1.29 is 9.13 Å². The van der Waals surface area contributed by atoms with Gasteiger partial charge in [-0.25, -0.2) is 0 Å². The minimum atomic E-state index is -0.834. The van der Waals surface area contributed by atoms with Crippen LogP contribution in [-0.4, -0.2) is 27.2 Å². The molecular formula is C11H15ClN2O3S. The predicted octanol–water partition coefficient (Wildman–Crippen LogP) is 2.11. The Kier molecular flexibility index (Phi) is 6.24. The van der Waals surface area contributed by atoms with Gasteiger partial charge in [0.2, 0.25) is 0 Å². The zero-order valence-corrected chi connectivity index (χ0v) is 11.6. The summed E-state index contributed by atoms with van der Waals surface area (Å²) in [5.41, 5.74) is 0.470. The fraction of sp³-hybridized carbons (Fsp3) is 0.455. The van der Waals surface area contributed by atoms with E-state index in [4.69, 9.17) is 11.6 Å². The van der Waals surface area contributed by atoms with Gasteiger partial charge in [0.05, 0.1) is 15.5 Å². The lowest BCUT2D eigenvalue weighted by Gasteiger charge is -2.07. The molecule has 0 radical (unpaired) electrons. The third kappa shape index (κ3) is 4.36. The summed E-state index contributed by atoms with van der Waals surface area (Å²) in [4.78, 5) is 10.4. The van der Waals surface area contributed by atoms with Crippen molar-refractivity contribution in [1.29, 1.82) is 0 Å². The smallest absolute Gasteiger partial charge is 0.275 e. The standard InChI is InChI=1S/C11H15ClN2O3S/c1-2-18(17)7-6-13-8-9-10(12)4-3-5-11(9)14(15)16/h3-5,13H,2,6-8H2,1H3. The van der Waals surface area contributed by atoms with Gasteiger partial charge in [0.15, 0.2) is 0 Å². The Hall–Kier alpha value is -0.980. The van der Waals surface area contributed by atoms with Crippen molar-refractivity contribution in [3.63, 3.8) is 0 Å². The van der Waals surface area contributed by atoms with E-state index in [1.54, 1.807) is 12.1 Å². The molecular weight excluding hydrogens is 276 g/mol. The highest BCUT2D eigenvalue weighted by Crippen LogP contribution is 2.25. The lowest BCUT2D eigenvalue weighted by Crippen LogP contribution is -2.21. The van der Waals surface area contributed by atoms with Crippen LogP contribution in [0.5, 0.6) is 0 Å². The Labute approximate surface area is 113 Å². The van der Waals surface area contributed by atoms with Gasteiger partial charge in [0, 0.05) is 41.5 Å². The molecule has 0 saturated heterocycles. The number of halogens is 1. The largest absolute Gasteiger partial charge is 0.311 e. The second-order valence-electron chi connectivity index (χ2n) is 3.60. The number of nitro groups is 1. The lowest BCUT2D eigenvalue weighted by atomic mass is 10.2. The summed E-state index contributed by atoms with van der Waals surface area (Å²) in [5, 5.41) is 14.2. The van der Waals surface area contributed by atoms with Crippen LogP contribution in [0.4, 0.5) is 5.69 Å². The minimum absolute atomic E-state index is 0.00612. The van der Waals surface area contributed by atoms with Crippen molar-refractivity contribution in [2.75, 3.05) is 18.1 Å². The van der Waals surface area contributed by atoms with E-state index in [2.05, 4.69) is 5.32 Å². The summed E-state index contributed by atoms with van der Waals surface area (Å²) >= 11 is 5.94. The number of hydrogen-bond donors (Lipinski definition) is 1. The van der Waals surface area contributed by atoms with Crippen molar-refractivity contribution >= 4 is 28.1 Å². The van der Waals surface area contributed by atoms with E-state index < -0.39 is 15.7 Å². The molecule has 18 heavy (non-hydrogen) atoms. The van der Waals surface area contributed by atoms with Gasteiger partial charge in [-0.3, -0.25) is 14.3 Å². The molecule has 1 rings (SSSR count). The molecule has 0 aliphatic heterocycles. The van der Waals surface area contributed by atoms with Crippen molar-refractivity contribution in [1.82, 2.24) is 5.32 Å². The highest BCUT2D eigenvalue weighted by atomic mass is 35.5. The van der Waals surface area contributed by atoms with Gasteiger partial charge >= 0.3 is 0 Å². The quantitative estimate of drug-likeness (QED) is 0.474. The van der Waals surface area contributed by atoms with Crippen LogP contribution in [0.2, 0.25) is 5.02 Å². The van der Waals surface area contributed by atoms with Crippen LogP contribution in [0.15, 0.2) is 18.2 Å². The van der Waals surface area contributed by atoms with Gasteiger partial charge in [-0.2, -0.15) is 0 Å². The third-order valence-corrected chi connectivity index (χ3v) is 4.08. The molecule has 0 fully saturated rings. The van der Waals surface area contributed by atoms with Crippen LogP contribution in [0.1, 0.15) is 12.5 Å². The highest BCUT2D eigenvalue weighted by molar-refractivity contribution is 7.84. The molecule has 0 aliphatic rings. The Morgan fingerprint density at radius 2 is 2.22 bits per heavy atom. The number of nitrogens with one attached hydrogen (secondary N) is 1. The number of benzene rings is 1. The molecule has 0 heterocycles. The van der Waals surface area contributed by atoms with Crippen LogP contribution in [0.25, 0.3) is 0 Å².